The van der Waals surface area contributed by atoms with Crippen LogP contribution in [-0.4, -0.2) is 28.0 Å². The summed E-state index contributed by atoms with van der Waals surface area (Å²) in [7, 11) is 0. The highest BCUT2D eigenvalue weighted by atomic mass is 35.5. The van der Waals surface area contributed by atoms with E-state index < -0.39 is 4.92 Å². The van der Waals surface area contributed by atoms with Crippen LogP contribution in [0.5, 0.6) is 11.6 Å². The first-order valence-electron chi connectivity index (χ1n) is 7.24. The Kier molecular flexibility index (Phi) is 4.29. The van der Waals surface area contributed by atoms with Crippen molar-refractivity contribution in [1.82, 2.24) is 9.97 Å². The van der Waals surface area contributed by atoms with Gasteiger partial charge < -0.3 is 9.64 Å². The molecule has 8 heteroatoms. The first-order chi connectivity index (χ1) is 11.1. The maximum atomic E-state index is 11.5. The minimum absolute atomic E-state index is 0.0615. The van der Waals surface area contributed by atoms with Gasteiger partial charge in [-0.3, -0.25) is 10.1 Å². The van der Waals surface area contributed by atoms with Gasteiger partial charge in [-0.15, -0.1) is 0 Å². The van der Waals surface area contributed by atoms with Crippen LogP contribution in [0, 0.1) is 17.0 Å². The lowest BCUT2D eigenvalue weighted by atomic mass is 10.2. The lowest BCUT2D eigenvalue weighted by molar-refractivity contribution is -0.385. The summed E-state index contributed by atoms with van der Waals surface area (Å²) in [5.74, 6) is 0.692. The van der Waals surface area contributed by atoms with E-state index in [0.717, 1.165) is 31.5 Å². The zero-order chi connectivity index (χ0) is 16.4. The molecule has 0 atom stereocenters. The first-order valence-corrected chi connectivity index (χ1v) is 7.62. The van der Waals surface area contributed by atoms with Crippen molar-refractivity contribution in [1.29, 1.82) is 0 Å². The van der Waals surface area contributed by atoms with Crippen LogP contribution in [0.15, 0.2) is 24.5 Å². The third-order valence-electron chi connectivity index (χ3n) is 3.70. The first kappa shape index (κ1) is 15.5. The quantitative estimate of drug-likeness (QED) is 0.625. The predicted octanol–water partition coefficient (Wildman–Crippen LogP) is 3.74. The fraction of sp³-hybridized carbons (Fsp3) is 0.333. The molecule has 23 heavy (non-hydrogen) atoms. The summed E-state index contributed by atoms with van der Waals surface area (Å²) < 4.78 is 5.63. The maximum Gasteiger partial charge on any atom is 0.373 e. The summed E-state index contributed by atoms with van der Waals surface area (Å²) in [5, 5.41) is 12.1. The van der Waals surface area contributed by atoms with Gasteiger partial charge in [0.25, 0.3) is 0 Å². The molecule has 0 N–H and O–H groups in total. The molecule has 0 radical (unpaired) electrons. The summed E-state index contributed by atoms with van der Waals surface area (Å²) in [6, 6.07) is 5.04. The summed E-state index contributed by atoms with van der Waals surface area (Å²) in [5.41, 5.74) is 0.614. The predicted molar refractivity (Wildman–Crippen MR) is 86.4 cm³/mol. The van der Waals surface area contributed by atoms with Crippen molar-refractivity contribution in [2.24, 2.45) is 0 Å². The second-order valence-corrected chi connectivity index (χ2v) is 5.72. The number of hydrogen-bond donors (Lipinski definition) is 0. The largest absolute Gasteiger partial charge is 0.434 e. The monoisotopic (exact) mass is 334 g/mol. The van der Waals surface area contributed by atoms with E-state index in [0.29, 0.717) is 16.6 Å². The van der Waals surface area contributed by atoms with Gasteiger partial charge in [0.05, 0.1) is 4.92 Å². The number of nitrogens with zero attached hydrogens (tertiary/aromatic N) is 4. The third-order valence-corrected chi connectivity index (χ3v) is 4.13. The van der Waals surface area contributed by atoms with Crippen LogP contribution in [-0.2, 0) is 0 Å². The molecule has 0 spiro atoms. The Morgan fingerprint density at radius 2 is 2.04 bits per heavy atom. The standard InChI is InChI=1S/C15H15ClN4O3/c1-10-8-11(4-5-12(10)16)23-15-13(20(21)22)14(17-9-18-15)19-6-2-3-7-19/h4-5,8-9H,2-3,6-7H2,1H3. The Labute approximate surface area is 138 Å². The van der Waals surface area contributed by atoms with Gasteiger partial charge in [0.1, 0.15) is 12.1 Å². The van der Waals surface area contributed by atoms with Crippen LogP contribution in [0.25, 0.3) is 0 Å². The number of aryl methyl sites for hydroxylation is 1. The smallest absolute Gasteiger partial charge is 0.373 e. The van der Waals surface area contributed by atoms with Gasteiger partial charge in [-0.2, -0.15) is 4.98 Å². The Balaban J connectivity index is 1.99. The van der Waals surface area contributed by atoms with Gasteiger partial charge in [0.2, 0.25) is 5.82 Å². The van der Waals surface area contributed by atoms with Crippen molar-refractivity contribution in [3.05, 3.63) is 45.2 Å². The minimum Gasteiger partial charge on any atom is -0.434 e. The number of anilines is 1. The highest BCUT2D eigenvalue weighted by molar-refractivity contribution is 6.31. The summed E-state index contributed by atoms with van der Waals surface area (Å²) in [6.07, 6.45) is 3.28. The van der Waals surface area contributed by atoms with Crippen LogP contribution in [0.1, 0.15) is 18.4 Å². The lowest BCUT2D eigenvalue weighted by Crippen LogP contribution is -2.20. The van der Waals surface area contributed by atoms with Crippen molar-refractivity contribution in [3.63, 3.8) is 0 Å². The van der Waals surface area contributed by atoms with E-state index in [1.807, 2.05) is 11.8 Å². The minimum atomic E-state index is -0.494. The molecule has 2 aromatic rings. The van der Waals surface area contributed by atoms with E-state index in [1.165, 1.54) is 6.33 Å². The highest BCUT2D eigenvalue weighted by Gasteiger charge is 2.30. The molecule has 0 amide bonds. The van der Waals surface area contributed by atoms with Gasteiger partial charge in [-0.1, -0.05) is 11.6 Å². The second kappa shape index (κ2) is 6.37. The van der Waals surface area contributed by atoms with Gasteiger partial charge in [0, 0.05) is 18.1 Å². The molecule has 1 saturated heterocycles. The Morgan fingerprint density at radius 1 is 1.30 bits per heavy atom. The van der Waals surface area contributed by atoms with Crippen LogP contribution in [0.2, 0.25) is 5.02 Å². The maximum absolute atomic E-state index is 11.5. The Morgan fingerprint density at radius 3 is 2.70 bits per heavy atom. The Hall–Kier alpha value is -2.41. The van der Waals surface area contributed by atoms with Crippen molar-refractivity contribution >= 4 is 23.1 Å². The zero-order valence-corrected chi connectivity index (χ0v) is 13.3. The number of aromatic nitrogens is 2. The van der Waals surface area contributed by atoms with E-state index in [2.05, 4.69) is 9.97 Å². The second-order valence-electron chi connectivity index (χ2n) is 5.32. The number of ether oxygens (including phenoxy) is 1. The van der Waals surface area contributed by atoms with E-state index in [9.17, 15) is 10.1 Å². The molecule has 1 aliphatic heterocycles. The summed E-state index contributed by atoms with van der Waals surface area (Å²) >= 11 is 5.98. The van der Waals surface area contributed by atoms with Gasteiger partial charge in [-0.05, 0) is 43.5 Å². The molecular formula is C15H15ClN4O3. The van der Waals surface area contributed by atoms with Gasteiger partial charge >= 0.3 is 11.6 Å². The molecule has 3 rings (SSSR count). The molecule has 1 aromatic heterocycles. The molecule has 1 aromatic carbocycles. The topological polar surface area (TPSA) is 81.4 Å². The van der Waals surface area contributed by atoms with E-state index in [-0.39, 0.29) is 11.6 Å². The van der Waals surface area contributed by atoms with E-state index >= 15 is 0 Å². The van der Waals surface area contributed by atoms with Crippen LogP contribution < -0.4 is 9.64 Å². The van der Waals surface area contributed by atoms with Crippen LogP contribution in [0.4, 0.5) is 11.5 Å². The van der Waals surface area contributed by atoms with E-state index in [4.69, 9.17) is 16.3 Å². The average molecular weight is 335 g/mol. The molecule has 1 aliphatic rings. The number of halogens is 1. The van der Waals surface area contributed by atoms with Crippen molar-refractivity contribution in [2.45, 2.75) is 19.8 Å². The zero-order valence-electron chi connectivity index (χ0n) is 12.5. The van der Waals surface area contributed by atoms with Crippen LogP contribution in [0.3, 0.4) is 0 Å². The molecule has 0 aliphatic carbocycles. The number of hydrogen-bond acceptors (Lipinski definition) is 6. The number of nitro groups is 1. The SMILES string of the molecule is Cc1cc(Oc2ncnc(N3CCCC3)c2[N+](=O)[O-])ccc1Cl. The van der Waals surface area contributed by atoms with Crippen molar-refractivity contribution in [2.75, 3.05) is 18.0 Å². The average Bonchev–Trinajstić information content (AvgIpc) is 3.05. The molecule has 120 valence electrons. The summed E-state index contributed by atoms with van der Waals surface area (Å²) in [4.78, 5) is 20.9. The molecule has 1 fully saturated rings. The molecule has 7 nitrogen and oxygen atoms in total. The molecular weight excluding hydrogens is 320 g/mol. The fourth-order valence-electron chi connectivity index (χ4n) is 2.54. The van der Waals surface area contributed by atoms with Crippen molar-refractivity contribution < 1.29 is 9.66 Å². The Bertz CT molecular complexity index is 747. The van der Waals surface area contributed by atoms with Crippen LogP contribution >= 0.6 is 11.6 Å². The summed E-state index contributed by atoms with van der Waals surface area (Å²) in [6.45, 7) is 3.33. The number of benzene rings is 1. The van der Waals surface area contributed by atoms with Crippen molar-refractivity contribution in [3.8, 4) is 11.6 Å². The lowest BCUT2D eigenvalue weighted by Gasteiger charge is -2.16. The normalized spacial score (nSPS) is 14.1. The van der Waals surface area contributed by atoms with Gasteiger partial charge in [0.15, 0.2) is 0 Å². The number of rotatable bonds is 4. The molecule has 0 unspecified atom stereocenters. The van der Waals surface area contributed by atoms with E-state index in [1.54, 1.807) is 18.2 Å². The molecule has 0 bridgehead atoms. The fourth-order valence-corrected chi connectivity index (χ4v) is 2.66. The molecule has 0 saturated carbocycles. The van der Waals surface area contributed by atoms with Gasteiger partial charge in [-0.25, -0.2) is 4.98 Å². The third kappa shape index (κ3) is 3.19. The molecule has 2 heterocycles. The highest BCUT2D eigenvalue weighted by Crippen LogP contribution is 2.37.